The van der Waals surface area contributed by atoms with E-state index in [4.69, 9.17) is 11.6 Å². The molecule has 2 aromatic carbocycles. The molecule has 2 heterocycles. The average Bonchev–Trinajstić information content (AvgIpc) is 3.40. The largest absolute Gasteiger partial charge is 0.343 e. The van der Waals surface area contributed by atoms with Gasteiger partial charge in [0.2, 0.25) is 11.8 Å². The second-order valence-corrected chi connectivity index (χ2v) is 9.89. The molecule has 2 aliphatic heterocycles. The molecular formula is C25H28ClN5O3S. The van der Waals surface area contributed by atoms with E-state index in [1.807, 2.05) is 42.2 Å². The first-order chi connectivity index (χ1) is 16.9. The van der Waals surface area contributed by atoms with Crippen molar-refractivity contribution in [1.82, 2.24) is 10.3 Å². The average molecular weight is 514 g/mol. The van der Waals surface area contributed by atoms with Crippen LogP contribution in [0.3, 0.4) is 0 Å². The van der Waals surface area contributed by atoms with Crippen LogP contribution in [-0.4, -0.2) is 52.7 Å². The molecule has 2 aromatic rings. The highest BCUT2D eigenvalue weighted by atomic mass is 35.5. The Morgan fingerprint density at radius 2 is 1.89 bits per heavy atom. The molecule has 0 spiro atoms. The summed E-state index contributed by atoms with van der Waals surface area (Å²) in [5, 5.41) is 7.74. The third-order valence-electron chi connectivity index (χ3n) is 5.99. The van der Waals surface area contributed by atoms with Crippen molar-refractivity contribution < 1.29 is 14.4 Å². The normalized spacial score (nSPS) is 17.7. The van der Waals surface area contributed by atoms with E-state index >= 15 is 0 Å². The monoisotopic (exact) mass is 513 g/mol. The van der Waals surface area contributed by atoms with Crippen molar-refractivity contribution in [2.75, 3.05) is 29.1 Å². The Morgan fingerprint density at radius 1 is 1.14 bits per heavy atom. The smallest absolute Gasteiger partial charge is 0.276 e. The SMILES string of the molecule is Cc1c(Cl)cccc1NC(=O)CSC1NN=C(CCC(=O)N2CCCC2)C(=O)N1c1ccccc1. The first kappa shape index (κ1) is 25.1. The molecule has 0 aromatic heterocycles. The number of benzene rings is 2. The Bertz CT molecular complexity index is 1120. The van der Waals surface area contributed by atoms with Crippen molar-refractivity contribution in [3.05, 3.63) is 59.1 Å². The lowest BCUT2D eigenvalue weighted by Crippen LogP contribution is -2.53. The van der Waals surface area contributed by atoms with Gasteiger partial charge in [-0.2, -0.15) is 5.10 Å². The second-order valence-electron chi connectivity index (χ2n) is 8.41. The van der Waals surface area contributed by atoms with Gasteiger partial charge >= 0.3 is 0 Å². The number of carbonyl (C=O) groups excluding carboxylic acids is 3. The van der Waals surface area contributed by atoms with Gasteiger partial charge in [-0.1, -0.05) is 35.9 Å². The van der Waals surface area contributed by atoms with Crippen molar-refractivity contribution in [3.63, 3.8) is 0 Å². The molecule has 35 heavy (non-hydrogen) atoms. The molecule has 10 heteroatoms. The number of nitrogens with one attached hydrogen (secondary N) is 2. The van der Waals surface area contributed by atoms with Crippen molar-refractivity contribution >= 4 is 58.2 Å². The van der Waals surface area contributed by atoms with Crippen LogP contribution in [0.4, 0.5) is 11.4 Å². The Balaban J connectivity index is 1.42. The van der Waals surface area contributed by atoms with Gasteiger partial charge in [-0.3, -0.25) is 24.7 Å². The van der Waals surface area contributed by atoms with E-state index in [2.05, 4.69) is 15.8 Å². The number of hydrazone groups is 1. The molecule has 0 bridgehead atoms. The van der Waals surface area contributed by atoms with Gasteiger partial charge in [0.1, 0.15) is 5.71 Å². The van der Waals surface area contributed by atoms with Crippen LogP contribution in [0.25, 0.3) is 0 Å². The first-order valence-corrected chi connectivity index (χ1v) is 13.0. The number of hydrogen-bond acceptors (Lipinski definition) is 6. The zero-order valence-electron chi connectivity index (χ0n) is 19.5. The van der Waals surface area contributed by atoms with E-state index in [-0.39, 0.29) is 36.3 Å². The number of nitrogens with zero attached hydrogens (tertiary/aromatic N) is 3. The van der Waals surface area contributed by atoms with Gasteiger partial charge in [0.05, 0.1) is 5.75 Å². The van der Waals surface area contributed by atoms with Crippen LogP contribution in [0, 0.1) is 6.92 Å². The lowest BCUT2D eigenvalue weighted by molar-refractivity contribution is -0.130. The summed E-state index contributed by atoms with van der Waals surface area (Å²) in [6, 6.07) is 14.6. The molecular weight excluding hydrogens is 486 g/mol. The number of anilines is 2. The quantitative estimate of drug-likeness (QED) is 0.556. The third kappa shape index (κ3) is 6.15. The summed E-state index contributed by atoms with van der Waals surface area (Å²) in [5.41, 5.74) is 4.87. The summed E-state index contributed by atoms with van der Waals surface area (Å²) in [6.45, 7) is 3.40. The second kappa shape index (κ2) is 11.6. The molecule has 0 radical (unpaired) electrons. The van der Waals surface area contributed by atoms with E-state index in [1.165, 1.54) is 11.8 Å². The number of carbonyl (C=O) groups is 3. The van der Waals surface area contributed by atoms with Crippen molar-refractivity contribution in [1.29, 1.82) is 0 Å². The first-order valence-electron chi connectivity index (χ1n) is 11.6. The maximum absolute atomic E-state index is 13.4. The Morgan fingerprint density at radius 3 is 2.63 bits per heavy atom. The molecule has 8 nitrogen and oxygen atoms in total. The van der Waals surface area contributed by atoms with Crippen molar-refractivity contribution in [3.8, 4) is 0 Å². The topological polar surface area (TPSA) is 94.1 Å². The lowest BCUT2D eigenvalue weighted by Gasteiger charge is -2.34. The van der Waals surface area contributed by atoms with Crippen LogP contribution in [-0.2, 0) is 14.4 Å². The fraction of sp³-hybridized carbons (Fsp3) is 0.360. The third-order valence-corrected chi connectivity index (χ3v) is 7.46. The fourth-order valence-electron chi connectivity index (χ4n) is 4.03. The van der Waals surface area contributed by atoms with Crippen LogP contribution in [0.2, 0.25) is 5.02 Å². The summed E-state index contributed by atoms with van der Waals surface area (Å²) >= 11 is 7.40. The van der Waals surface area contributed by atoms with E-state index in [0.29, 0.717) is 22.1 Å². The van der Waals surface area contributed by atoms with Gasteiger partial charge in [0.15, 0.2) is 5.50 Å². The van der Waals surface area contributed by atoms with Gasteiger partial charge in [-0.15, -0.1) is 11.8 Å². The van der Waals surface area contributed by atoms with Crippen molar-refractivity contribution in [2.24, 2.45) is 5.10 Å². The van der Waals surface area contributed by atoms with Crippen LogP contribution in [0.1, 0.15) is 31.2 Å². The standard InChI is InChI=1S/C25H28ClN5O3S/c1-17-19(26)10-7-11-20(17)27-22(32)16-35-25-29-28-21(12-13-23(33)30-14-5-6-15-30)24(34)31(25)18-8-3-2-4-9-18/h2-4,7-11,25,29H,5-6,12-16H2,1H3,(H,27,32). The zero-order chi connectivity index (χ0) is 24.8. The molecule has 0 aliphatic carbocycles. The molecule has 184 valence electrons. The molecule has 2 aliphatic rings. The fourth-order valence-corrected chi connectivity index (χ4v) is 5.08. The Labute approximate surface area is 214 Å². The minimum atomic E-state index is -0.575. The summed E-state index contributed by atoms with van der Waals surface area (Å²) < 4.78 is 0. The van der Waals surface area contributed by atoms with Crippen LogP contribution < -0.4 is 15.6 Å². The highest BCUT2D eigenvalue weighted by molar-refractivity contribution is 8.00. The van der Waals surface area contributed by atoms with Crippen LogP contribution >= 0.6 is 23.4 Å². The highest BCUT2D eigenvalue weighted by Gasteiger charge is 2.34. The summed E-state index contributed by atoms with van der Waals surface area (Å²) in [5.74, 6) is -0.339. The summed E-state index contributed by atoms with van der Waals surface area (Å²) in [4.78, 5) is 41.9. The van der Waals surface area contributed by atoms with Gasteiger partial charge in [0, 0.05) is 42.3 Å². The Kier molecular flexibility index (Phi) is 8.30. The number of likely N-dealkylation sites (tertiary alicyclic amines) is 1. The predicted octanol–water partition coefficient (Wildman–Crippen LogP) is 4.00. The van der Waals surface area contributed by atoms with Gasteiger partial charge in [-0.25, -0.2) is 0 Å². The molecule has 1 saturated heterocycles. The van der Waals surface area contributed by atoms with E-state index in [0.717, 1.165) is 31.5 Å². The number of thioether (sulfide) groups is 1. The minimum absolute atomic E-state index is 0.0498. The minimum Gasteiger partial charge on any atom is -0.343 e. The summed E-state index contributed by atoms with van der Waals surface area (Å²) in [7, 11) is 0. The zero-order valence-corrected chi connectivity index (χ0v) is 21.1. The van der Waals surface area contributed by atoms with E-state index in [1.54, 1.807) is 23.1 Å². The number of amides is 3. The number of halogens is 1. The van der Waals surface area contributed by atoms with Crippen molar-refractivity contribution in [2.45, 2.75) is 38.1 Å². The number of rotatable bonds is 8. The maximum atomic E-state index is 13.4. The maximum Gasteiger partial charge on any atom is 0.276 e. The molecule has 1 fully saturated rings. The molecule has 4 rings (SSSR count). The van der Waals surface area contributed by atoms with Gasteiger partial charge in [0.25, 0.3) is 5.91 Å². The van der Waals surface area contributed by atoms with Crippen LogP contribution in [0.5, 0.6) is 0 Å². The van der Waals surface area contributed by atoms with Gasteiger partial charge in [-0.05, 0) is 49.6 Å². The molecule has 0 saturated carbocycles. The summed E-state index contributed by atoms with van der Waals surface area (Å²) in [6.07, 6.45) is 2.56. The molecule has 3 amide bonds. The predicted molar refractivity (Wildman–Crippen MR) is 141 cm³/mol. The molecule has 1 unspecified atom stereocenters. The number of hydrogen-bond donors (Lipinski definition) is 2. The number of para-hydroxylation sites is 1. The van der Waals surface area contributed by atoms with E-state index < -0.39 is 5.50 Å². The molecule has 1 atom stereocenters. The lowest BCUT2D eigenvalue weighted by atomic mass is 10.1. The highest BCUT2D eigenvalue weighted by Crippen LogP contribution is 2.27. The van der Waals surface area contributed by atoms with Gasteiger partial charge < -0.3 is 10.2 Å². The Hall–Kier alpha value is -3.04. The molecule has 2 N–H and O–H groups in total. The van der Waals surface area contributed by atoms with E-state index in [9.17, 15) is 14.4 Å². The van der Waals surface area contributed by atoms with Crippen LogP contribution in [0.15, 0.2) is 53.6 Å².